The Morgan fingerprint density at radius 3 is 2.53 bits per heavy atom. The first-order valence-electron chi connectivity index (χ1n) is 9.81. The summed E-state index contributed by atoms with van der Waals surface area (Å²) in [6.07, 6.45) is 0. The van der Waals surface area contributed by atoms with Gasteiger partial charge in [0.1, 0.15) is 6.04 Å². The fraction of sp³-hybridized carbons (Fsp3) is 0.167. The van der Waals surface area contributed by atoms with Crippen LogP contribution in [0.15, 0.2) is 60.7 Å². The summed E-state index contributed by atoms with van der Waals surface area (Å²) in [6.45, 7) is 3.64. The molecule has 6 heteroatoms. The normalized spacial score (nSPS) is 12.1. The molecular formula is C24H24N4O2. The van der Waals surface area contributed by atoms with Crippen molar-refractivity contribution >= 4 is 44.8 Å². The number of nitrogens with one attached hydrogen (secondary N) is 2. The highest BCUT2D eigenvalue weighted by Gasteiger charge is 2.12. The zero-order valence-electron chi connectivity index (χ0n) is 16.9. The topological polar surface area (TPSA) is 100 Å². The number of para-hydroxylation sites is 1. The van der Waals surface area contributed by atoms with E-state index in [1.54, 1.807) is 13.0 Å². The summed E-state index contributed by atoms with van der Waals surface area (Å²) in [5.41, 5.74) is 11.5. The molecule has 1 amide bonds. The van der Waals surface area contributed by atoms with Crippen LogP contribution in [0.5, 0.6) is 0 Å². The van der Waals surface area contributed by atoms with E-state index in [4.69, 9.17) is 10.7 Å². The minimum Gasteiger partial charge on any atom is -0.392 e. The molecule has 4 rings (SSSR count). The number of aliphatic hydroxyl groups is 1. The lowest BCUT2D eigenvalue weighted by atomic mass is 10.0. The number of amides is 1. The number of hydrogen-bond donors (Lipinski definition) is 4. The largest absolute Gasteiger partial charge is 0.392 e. The van der Waals surface area contributed by atoms with Crippen LogP contribution in [0.4, 0.5) is 17.1 Å². The number of rotatable bonds is 6. The van der Waals surface area contributed by atoms with E-state index in [9.17, 15) is 9.90 Å². The van der Waals surface area contributed by atoms with Crippen LogP contribution in [0, 0.1) is 6.92 Å². The summed E-state index contributed by atoms with van der Waals surface area (Å²) in [7, 11) is 0. The maximum Gasteiger partial charge on any atom is 0.239 e. The molecule has 0 radical (unpaired) electrons. The number of aromatic nitrogens is 1. The Morgan fingerprint density at radius 1 is 1.03 bits per heavy atom. The molecule has 1 atom stereocenters. The molecule has 0 bridgehead atoms. The summed E-state index contributed by atoms with van der Waals surface area (Å²) < 4.78 is 0. The molecule has 0 spiro atoms. The predicted octanol–water partition coefficient (Wildman–Crippen LogP) is 4.22. The zero-order valence-corrected chi connectivity index (χ0v) is 16.9. The first-order valence-corrected chi connectivity index (χ1v) is 9.81. The second-order valence-electron chi connectivity index (χ2n) is 7.49. The van der Waals surface area contributed by atoms with E-state index in [1.807, 2.05) is 48.5 Å². The number of carbonyl (C=O) groups excluding carboxylic acids is 1. The number of primary amides is 1. The second-order valence-corrected chi connectivity index (χ2v) is 7.49. The highest BCUT2D eigenvalue weighted by Crippen LogP contribution is 2.34. The van der Waals surface area contributed by atoms with Crippen molar-refractivity contribution in [2.24, 2.45) is 5.73 Å². The molecular weight excluding hydrogens is 376 g/mol. The van der Waals surface area contributed by atoms with E-state index in [-0.39, 0.29) is 6.61 Å². The molecule has 4 aromatic rings. The van der Waals surface area contributed by atoms with Gasteiger partial charge in [0.2, 0.25) is 5.91 Å². The molecule has 0 aliphatic rings. The van der Waals surface area contributed by atoms with Crippen LogP contribution in [0.25, 0.3) is 21.8 Å². The third-order valence-electron chi connectivity index (χ3n) is 5.09. The molecule has 3 aromatic carbocycles. The number of benzene rings is 3. The van der Waals surface area contributed by atoms with Gasteiger partial charge >= 0.3 is 0 Å². The minimum absolute atomic E-state index is 0.119. The Balaban J connectivity index is 1.85. The van der Waals surface area contributed by atoms with E-state index in [0.717, 1.165) is 44.3 Å². The van der Waals surface area contributed by atoms with E-state index in [1.165, 1.54) is 0 Å². The Hall–Kier alpha value is -3.64. The maximum absolute atomic E-state index is 11.4. The van der Waals surface area contributed by atoms with Gasteiger partial charge < -0.3 is 21.5 Å². The van der Waals surface area contributed by atoms with Crippen molar-refractivity contribution < 1.29 is 9.90 Å². The zero-order chi connectivity index (χ0) is 21.3. The summed E-state index contributed by atoms with van der Waals surface area (Å²) in [5, 5.41) is 18.4. The van der Waals surface area contributed by atoms with Crippen LogP contribution in [0.2, 0.25) is 0 Å². The van der Waals surface area contributed by atoms with E-state index >= 15 is 0 Å². The summed E-state index contributed by atoms with van der Waals surface area (Å²) >= 11 is 0. The monoisotopic (exact) mass is 400 g/mol. The van der Waals surface area contributed by atoms with Crippen molar-refractivity contribution in [1.82, 2.24) is 4.98 Å². The third-order valence-corrected chi connectivity index (χ3v) is 5.09. The number of aryl methyl sites for hydroxylation is 1. The highest BCUT2D eigenvalue weighted by molar-refractivity contribution is 6.08. The minimum atomic E-state index is -0.531. The van der Waals surface area contributed by atoms with Crippen molar-refractivity contribution in [2.45, 2.75) is 26.5 Å². The molecule has 0 unspecified atom stereocenters. The fourth-order valence-electron chi connectivity index (χ4n) is 3.54. The standard InChI is InChI=1S/C24H24N4O2/c1-14-7-8-22-20(9-14)23(19-5-3-4-6-21(19)28-22)27-18-11-16(13-29)10-17(12-18)26-15(2)24(25)30/h3-12,15,26,29H,13H2,1-2H3,(H2,25,30)(H,27,28)/t15-/m0/s1. The molecule has 30 heavy (non-hydrogen) atoms. The van der Waals surface area contributed by atoms with E-state index in [0.29, 0.717) is 5.69 Å². The molecule has 6 nitrogen and oxygen atoms in total. The maximum atomic E-state index is 11.4. The van der Waals surface area contributed by atoms with Gasteiger partial charge in [-0.15, -0.1) is 0 Å². The van der Waals surface area contributed by atoms with Crippen molar-refractivity contribution in [3.05, 3.63) is 71.8 Å². The summed E-state index contributed by atoms with van der Waals surface area (Å²) in [4.78, 5) is 16.2. The number of fused-ring (bicyclic) bond motifs is 2. The van der Waals surface area contributed by atoms with Gasteiger partial charge in [0.25, 0.3) is 0 Å². The Bertz CT molecular complexity index is 1250. The van der Waals surface area contributed by atoms with Gasteiger partial charge in [0.15, 0.2) is 0 Å². The van der Waals surface area contributed by atoms with Crippen molar-refractivity contribution in [3.63, 3.8) is 0 Å². The molecule has 0 saturated heterocycles. The van der Waals surface area contributed by atoms with Crippen molar-refractivity contribution in [3.8, 4) is 0 Å². The van der Waals surface area contributed by atoms with Gasteiger partial charge in [0, 0.05) is 22.1 Å². The average Bonchev–Trinajstić information content (AvgIpc) is 2.73. The van der Waals surface area contributed by atoms with E-state index in [2.05, 4.69) is 23.6 Å². The number of anilines is 3. The smallest absolute Gasteiger partial charge is 0.239 e. The number of aliphatic hydroxyl groups excluding tert-OH is 1. The van der Waals surface area contributed by atoms with Gasteiger partial charge in [-0.25, -0.2) is 4.98 Å². The molecule has 1 aromatic heterocycles. The number of pyridine rings is 1. The van der Waals surface area contributed by atoms with Gasteiger partial charge in [-0.1, -0.05) is 29.8 Å². The quantitative estimate of drug-likeness (QED) is 0.363. The number of nitrogens with zero attached hydrogens (tertiary/aromatic N) is 1. The van der Waals surface area contributed by atoms with E-state index < -0.39 is 11.9 Å². The van der Waals surface area contributed by atoms with Gasteiger partial charge in [-0.05, 0) is 55.8 Å². The predicted molar refractivity (Wildman–Crippen MR) is 122 cm³/mol. The average molecular weight is 400 g/mol. The van der Waals surface area contributed by atoms with Crippen LogP contribution in [-0.2, 0) is 11.4 Å². The SMILES string of the molecule is Cc1ccc2nc3ccccc3c(Nc3cc(CO)cc(N[C@@H](C)C(N)=O)c3)c2c1. The Labute approximate surface area is 174 Å². The molecule has 152 valence electrons. The molecule has 0 aliphatic carbocycles. The molecule has 0 saturated carbocycles. The lowest BCUT2D eigenvalue weighted by Gasteiger charge is -2.17. The highest BCUT2D eigenvalue weighted by atomic mass is 16.3. The summed E-state index contributed by atoms with van der Waals surface area (Å²) in [5.74, 6) is -0.444. The number of hydrogen-bond acceptors (Lipinski definition) is 5. The molecule has 0 fully saturated rings. The van der Waals surface area contributed by atoms with Crippen LogP contribution in [-0.4, -0.2) is 22.0 Å². The van der Waals surface area contributed by atoms with Gasteiger partial charge in [0.05, 0.1) is 23.3 Å². The van der Waals surface area contributed by atoms with Crippen molar-refractivity contribution in [2.75, 3.05) is 10.6 Å². The fourth-order valence-corrected chi connectivity index (χ4v) is 3.54. The number of carbonyl (C=O) groups is 1. The summed E-state index contributed by atoms with van der Waals surface area (Å²) in [6, 6.07) is 19.2. The van der Waals surface area contributed by atoms with Crippen LogP contribution in [0.3, 0.4) is 0 Å². The lowest BCUT2D eigenvalue weighted by Crippen LogP contribution is -2.32. The van der Waals surface area contributed by atoms with Crippen molar-refractivity contribution in [1.29, 1.82) is 0 Å². The molecule has 5 N–H and O–H groups in total. The molecule has 0 aliphatic heterocycles. The second kappa shape index (κ2) is 8.00. The number of nitrogens with two attached hydrogens (primary N) is 1. The Kier molecular flexibility index (Phi) is 5.25. The van der Waals surface area contributed by atoms with Crippen LogP contribution < -0.4 is 16.4 Å². The van der Waals surface area contributed by atoms with Crippen LogP contribution >= 0.6 is 0 Å². The lowest BCUT2D eigenvalue weighted by molar-refractivity contribution is -0.118. The first kappa shape index (κ1) is 19.7. The van der Waals surface area contributed by atoms with Crippen LogP contribution in [0.1, 0.15) is 18.1 Å². The first-order chi connectivity index (χ1) is 14.4. The Morgan fingerprint density at radius 2 is 1.77 bits per heavy atom. The van der Waals surface area contributed by atoms with Gasteiger partial charge in [-0.3, -0.25) is 4.79 Å². The molecule has 1 heterocycles. The third kappa shape index (κ3) is 3.90. The van der Waals surface area contributed by atoms with Gasteiger partial charge in [-0.2, -0.15) is 0 Å².